The molecule has 1 heteroatoms. The van der Waals surface area contributed by atoms with E-state index in [4.69, 9.17) is 11.6 Å². The van der Waals surface area contributed by atoms with E-state index < -0.39 is 0 Å². The second kappa shape index (κ2) is 5.21. The number of alkyl halides is 1. The highest BCUT2D eigenvalue weighted by atomic mass is 35.5. The van der Waals surface area contributed by atoms with Crippen molar-refractivity contribution in [1.82, 2.24) is 0 Å². The van der Waals surface area contributed by atoms with Crippen LogP contribution < -0.4 is 0 Å². The average Bonchev–Trinajstić information content (AvgIpc) is 2.14. The van der Waals surface area contributed by atoms with Crippen molar-refractivity contribution < 1.29 is 0 Å². The molecular formula is C13H17Cl. The Morgan fingerprint density at radius 1 is 1.36 bits per heavy atom. The Hall–Kier alpha value is -0.750. The van der Waals surface area contributed by atoms with Crippen LogP contribution in [-0.4, -0.2) is 5.88 Å². The van der Waals surface area contributed by atoms with Gasteiger partial charge in [-0.15, -0.1) is 11.6 Å². The molecule has 0 fully saturated rings. The molecule has 0 radical (unpaired) electrons. The van der Waals surface area contributed by atoms with Crippen molar-refractivity contribution >= 4 is 17.2 Å². The normalized spacial score (nSPS) is 11.9. The number of allylic oxidation sites excluding steroid dienone is 2. The third-order valence-electron chi connectivity index (χ3n) is 2.37. The fourth-order valence-corrected chi connectivity index (χ4v) is 1.75. The van der Waals surface area contributed by atoms with E-state index in [9.17, 15) is 0 Å². The lowest BCUT2D eigenvalue weighted by molar-refractivity contribution is 1.23. The molecule has 76 valence electrons. The molecule has 0 amide bonds. The van der Waals surface area contributed by atoms with Crippen molar-refractivity contribution in [2.75, 3.05) is 5.88 Å². The summed E-state index contributed by atoms with van der Waals surface area (Å²) in [5.74, 6) is 0.697. The summed E-state index contributed by atoms with van der Waals surface area (Å²) in [5.41, 5.74) is 5.31. The van der Waals surface area contributed by atoms with E-state index in [0.29, 0.717) is 5.88 Å². The van der Waals surface area contributed by atoms with Gasteiger partial charge in [0.25, 0.3) is 0 Å². The molecule has 0 saturated carbocycles. The van der Waals surface area contributed by atoms with Gasteiger partial charge in [0.2, 0.25) is 0 Å². The van der Waals surface area contributed by atoms with Gasteiger partial charge in [0, 0.05) is 5.88 Å². The van der Waals surface area contributed by atoms with Gasteiger partial charge in [-0.1, -0.05) is 29.8 Å². The van der Waals surface area contributed by atoms with Crippen molar-refractivity contribution in [1.29, 1.82) is 0 Å². The summed E-state index contributed by atoms with van der Waals surface area (Å²) in [6.07, 6.45) is 3.14. The molecule has 0 aliphatic rings. The highest BCUT2D eigenvalue weighted by Gasteiger charge is 1.99. The van der Waals surface area contributed by atoms with Crippen LogP contribution in [0.4, 0.5) is 0 Å². The smallest absolute Gasteiger partial charge is 0.0258 e. The number of hydrogen-bond acceptors (Lipinski definition) is 0. The van der Waals surface area contributed by atoms with Gasteiger partial charge in [-0.2, -0.15) is 0 Å². The molecule has 0 bridgehead atoms. The van der Waals surface area contributed by atoms with E-state index in [0.717, 1.165) is 6.42 Å². The first-order valence-electron chi connectivity index (χ1n) is 4.95. The summed E-state index contributed by atoms with van der Waals surface area (Å²) in [6.45, 7) is 6.42. The van der Waals surface area contributed by atoms with Gasteiger partial charge in [-0.05, 0) is 43.9 Å². The zero-order valence-corrected chi connectivity index (χ0v) is 9.86. The molecule has 0 saturated heterocycles. The van der Waals surface area contributed by atoms with Gasteiger partial charge in [0.15, 0.2) is 0 Å². The summed E-state index contributed by atoms with van der Waals surface area (Å²) >= 11 is 5.65. The van der Waals surface area contributed by atoms with E-state index in [2.05, 4.69) is 45.0 Å². The van der Waals surface area contributed by atoms with E-state index >= 15 is 0 Å². The molecule has 0 aliphatic heterocycles. The van der Waals surface area contributed by atoms with E-state index in [1.54, 1.807) is 0 Å². The zero-order valence-electron chi connectivity index (χ0n) is 9.10. The highest BCUT2D eigenvalue weighted by molar-refractivity contribution is 6.17. The average molecular weight is 209 g/mol. The third-order valence-corrected chi connectivity index (χ3v) is 2.58. The number of hydrogen-bond donors (Lipinski definition) is 0. The van der Waals surface area contributed by atoms with Gasteiger partial charge in [0.1, 0.15) is 0 Å². The molecule has 1 aromatic rings. The molecule has 1 rings (SSSR count). The Balaban J connectivity index is 2.95. The topological polar surface area (TPSA) is 0 Å². The second-order valence-corrected chi connectivity index (χ2v) is 4.06. The molecule has 0 aliphatic carbocycles. The Labute approximate surface area is 91.6 Å². The molecule has 0 unspecified atom stereocenters. The first kappa shape index (κ1) is 11.3. The highest BCUT2D eigenvalue weighted by Crippen LogP contribution is 2.19. The Morgan fingerprint density at radius 2 is 2.07 bits per heavy atom. The number of halogens is 1. The van der Waals surface area contributed by atoms with Crippen LogP contribution in [0.25, 0.3) is 5.57 Å². The minimum absolute atomic E-state index is 0.697. The molecule has 1 aromatic carbocycles. The van der Waals surface area contributed by atoms with Crippen LogP contribution in [0.3, 0.4) is 0 Å². The molecular weight excluding hydrogens is 192 g/mol. The molecule has 0 heterocycles. The number of benzene rings is 1. The Bertz CT molecular complexity index is 337. The predicted molar refractivity (Wildman–Crippen MR) is 64.9 cm³/mol. The first-order valence-corrected chi connectivity index (χ1v) is 5.49. The van der Waals surface area contributed by atoms with E-state index in [-0.39, 0.29) is 0 Å². The summed E-state index contributed by atoms with van der Waals surface area (Å²) in [7, 11) is 0. The van der Waals surface area contributed by atoms with Crippen molar-refractivity contribution in [2.45, 2.75) is 27.2 Å². The lowest BCUT2D eigenvalue weighted by Gasteiger charge is -2.07. The monoisotopic (exact) mass is 208 g/mol. The van der Waals surface area contributed by atoms with Crippen molar-refractivity contribution in [3.05, 3.63) is 41.0 Å². The molecule has 0 spiro atoms. The largest absolute Gasteiger partial charge is 0.126 e. The van der Waals surface area contributed by atoms with E-state index in [1.807, 2.05) is 0 Å². The van der Waals surface area contributed by atoms with Gasteiger partial charge in [-0.3, -0.25) is 0 Å². The SMILES string of the molecule is CC(=CCCCl)c1ccc(C)cc1C. The summed E-state index contributed by atoms with van der Waals surface area (Å²) in [5, 5.41) is 0. The van der Waals surface area contributed by atoms with Crippen molar-refractivity contribution in [3.8, 4) is 0 Å². The quantitative estimate of drug-likeness (QED) is 0.649. The second-order valence-electron chi connectivity index (χ2n) is 3.68. The molecule has 0 N–H and O–H groups in total. The minimum Gasteiger partial charge on any atom is -0.126 e. The lowest BCUT2D eigenvalue weighted by Crippen LogP contribution is -1.87. The van der Waals surface area contributed by atoms with Crippen LogP contribution in [0.5, 0.6) is 0 Å². The summed E-state index contributed by atoms with van der Waals surface area (Å²) < 4.78 is 0. The molecule has 14 heavy (non-hydrogen) atoms. The number of aryl methyl sites for hydroxylation is 2. The maximum absolute atomic E-state index is 5.65. The van der Waals surface area contributed by atoms with Crippen LogP contribution in [0, 0.1) is 13.8 Å². The van der Waals surface area contributed by atoms with Crippen molar-refractivity contribution in [2.24, 2.45) is 0 Å². The van der Waals surface area contributed by atoms with Gasteiger partial charge >= 0.3 is 0 Å². The van der Waals surface area contributed by atoms with Crippen LogP contribution in [0.1, 0.15) is 30.0 Å². The summed E-state index contributed by atoms with van der Waals surface area (Å²) in [6, 6.07) is 6.55. The van der Waals surface area contributed by atoms with Gasteiger partial charge < -0.3 is 0 Å². The zero-order chi connectivity index (χ0) is 10.6. The van der Waals surface area contributed by atoms with Crippen LogP contribution >= 0.6 is 11.6 Å². The Kier molecular flexibility index (Phi) is 4.21. The Morgan fingerprint density at radius 3 is 2.64 bits per heavy atom. The standard InChI is InChI=1S/C13H17Cl/c1-10-6-7-13(12(3)9-10)11(2)5-4-8-14/h5-7,9H,4,8H2,1-3H3. The van der Waals surface area contributed by atoms with Gasteiger partial charge in [0.05, 0.1) is 0 Å². The van der Waals surface area contributed by atoms with Crippen molar-refractivity contribution in [3.63, 3.8) is 0 Å². The fraction of sp³-hybridized carbons (Fsp3) is 0.385. The maximum Gasteiger partial charge on any atom is 0.0258 e. The summed E-state index contributed by atoms with van der Waals surface area (Å²) in [4.78, 5) is 0. The van der Waals surface area contributed by atoms with Crippen LogP contribution in [0.15, 0.2) is 24.3 Å². The molecule has 0 nitrogen and oxygen atoms in total. The first-order chi connectivity index (χ1) is 6.65. The third kappa shape index (κ3) is 2.88. The molecule has 0 atom stereocenters. The van der Waals surface area contributed by atoms with Crippen LogP contribution in [-0.2, 0) is 0 Å². The minimum atomic E-state index is 0.697. The lowest BCUT2D eigenvalue weighted by atomic mass is 9.99. The van der Waals surface area contributed by atoms with Gasteiger partial charge in [-0.25, -0.2) is 0 Å². The van der Waals surface area contributed by atoms with Crippen LogP contribution in [0.2, 0.25) is 0 Å². The fourth-order valence-electron chi connectivity index (χ4n) is 1.64. The maximum atomic E-state index is 5.65. The molecule has 0 aromatic heterocycles. The number of rotatable bonds is 3. The van der Waals surface area contributed by atoms with E-state index in [1.165, 1.54) is 22.3 Å². The predicted octanol–water partition coefficient (Wildman–Crippen LogP) is 4.34.